The van der Waals surface area contributed by atoms with Gasteiger partial charge in [0.2, 0.25) is 0 Å². The van der Waals surface area contributed by atoms with E-state index in [0.717, 1.165) is 18.6 Å². The monoisotopic (exact) mass is 340 g/mol. The molecule has 0 unspecified atom stereocenters. The third-order valence-corrected chi connectivity index (χ3v) is 10.6. The predicted octanol–water partition coefficient (Wildman–Crippen LogP) is 5.98. The maximum absolute atomic E-state index is 11.1. The minimum Gasteiger partial charge on any atom is -0.543 e. The molecule has 0 aliphatic heterocycles. The minimum absolute atomic E-state index is 0.147. The van der Waals surface area contributed by atoms with Gasteiger partial charge in [-0.15, -0.1) is 0 Å². The van der Waals surface area contributed by atoms with E-state index in [2.05, 4.69) is 58.4 Å². The maximum atomic E-state index is 11.1. The number of hydrogen-bond donors (Lipinski definition) is 0. The average molecular weight is 341 g/mol. The second-order valence-corrected chi connectivity index (χ2v) is 12.4. The third-order valence-electron chi connectivity index (χ3n) is 4.55. The van der Waals surface area contributed by atoms with Crippen LogP contribution in [0.4, 0.5) is 0 Å². The number of unbranched alkanes of at least 4 members (excludes halogenated alkanes) is 1. The molecule has 0 bridgehead atoms. The second kappa shape index (κ2) is 10.7. The third kappa shape index (κ3) is 6.54. The van der Waals surface area contributed by atoms with E-state index in [-0.39, 0.29) is 5.97 Å². The zero-order valence-corrected chi connectivity index (χ0v) is 17.3. The Labute approximate surface area is 144 Å². The molecule has 0 rings (SSSR count). The van der Waals surface area contributed by atoms with Crippen molar-refractivity contribution in [3.8, 4) is 0 Å². The molecule has 0 saturated carbocycles. The minimum atomic E-state index is -1.90. The number of hydrogen-bond acceptors (Lipinski definition) is 3. The molecule has 0 aromatic heterocycles. The van der Waals surface area contributed by atoms with Crippen molar-refractivity contribution in [2.75, 3.05) is 7.11 Å². The van der Waals surface area contributed by atoms with Gasteiger partial charge in [-0.2, -0.15) is 0 Å². The van der Waals surface area contributed by atoms with Gasteiger partial charge in [-0.1, -0.05) is 47.6 Å². The largest absolute Gasteiger partial charge is 0.543 e. The van der Waals surface area contributed by atoms with Gasteiger partial charge in [0.1, 0.15) is 0 Å². The molecule has 0 aromatic rings. The first kappa shape index (κ1) is 22.0. The van der Waals surface area contributed by atoms with Gasteiger partial charge >= 0.3 is 5.97 Å². The fourth-order valence-electron chi connectivity index (χ4n) is 3.41. The van der Waals surface area contributed by atoms with Crippen molar-refractivity contribution in [3.63, 3.8) is 0 Å². The lowest BCUT2D eigenvalue weighted by Crippen LogP contribution is -2.47. The number of carbonyl (C=O) groups excluding carboxylic acids is 1. The Bertz CT molecular complexity index is 387. The summed E-state index contributed by atoms with van der Waals surface area (Å²) in [5.41, 5.74) is 1.68. The molecule has 23 heavy (non-hydrogen) atoms. The molecule has 0 amide bonds. The number of allylic oxidation sites excluding steroid dienone is 3. The van der Waals surface area contributed by atoms with Crippen molar-refractivity contribution in [2.45, 2.75) is 84.4 Å². The Morgan fingerprint density at radius 2 is 1.57 bits per heavy atom. The van der Waals surface area contributed by atoms with Crippen molar-refractivity contribution in [3.05, 3.63) is 24.0 Å². The maximum Gasteiger partial charge on any atom is 0.305 e. The summed E-state index contributed by atoms with van der Waals surface area (Å²) in [6, 6.07) is 0. The lowest BCUT2D eigenvalue weighted by atomic mass is 10.2. The van der Waals surface area contributed by atoms with Gasteiger partial charge < -0.3 is 9.16 Å². The summed E-state index contributed by atoms with van der Waals surface area (Å²) >= 11 is 0. The van der Waals surface area contributed by atoms with E-state index >= 15 is 0 Å². The van der Waals surface area contributed by atoms with Crippen LogP contribution in [-0.4, -0.2) is 21.4 Å². The molecular formula is C19H36O3Si. The molecule has 0 spiro atoms. The Kier molecular flexibility index (Phi) is 10.2. The second-order valence-electron chi connectivity index (χ2n) is 6.98. The Morgan fingerprint density at radius 1 is 1.04 bits per heavy atom. The summed E-state index contributed by atoms with van der Waals surface area (Å²) in [6.45, 7) is 15.8. The standard InChI is InChI=1S/C19H36O3Si/c1-9-18(13-11-10-12-14-19(20)21-8)22-23(15(2)3,16(4)5)17(6)7/h9,11,13,15-17H,10,12,14H2,1-8H3/b13-11+,18-9+. The molecule has 3 nitrogen and oxygen atoms in total. The van der Waals surface area contributed by atoms with Gasteiger partial charge in [0.05, 0.1) is 12.9 Å². The van der Waals surface area contributed by atoms with Crippen molar-refractivity contribution >= 4 is 14.3 Å². The van der Waals surface area contributed by atoms with E-state index in [1.165, 1.54) is 7.11 Å². The van der Waals surface area contributed by atoms with Gasteiger partial charge in [-0.05, 0) is 48.5 Å². The highest BCUT2D eigenvalue weighted by Crippen LogP contribution is 2.43. The van der Waals surface area contributed by atoms with E-state index in [9.17, 15) is 4.79 Å². The molecule has 0 atom stereocenters. The lowest BCUT2D eigenvalue weighted by Gasteiger charge is -2.42. The summed E-state index contributed by atoms with van der Waals surface area (Å²) in [4.78, 5) is 11.1. The summed E-state index contributed by atoms with van der Waals surface area (Å²) in [6.07, 6.45) is 8.34. The molecule has 0 heterocycles. The van der Waals surface area contributed by atoms with Crippen LogP contribution in [0.3, 0.4) is 0 Å². The number of ether oxygens (including phenoxy) is 1. The van der Waals surface area contributed by atoms with E-state index in [1.807, 2.05) is 13.0 Å². The van der Waals surface area contributed by atoms with Gasteiger partial charge in [-0.3, -0.25) is 4.79 Å². The Morgan fingerprint density at radius 3 is 1.96 bits per heavy atom. The quantitative estimate of drug-likeness (QED) is 0.161. The average Bonchev–Trinajstić information content (AvgIpc) is 2.48. The van der Waals surface area contributed by atoms with Crippen molar-refractivity contribution < 1.29 is 14.0 Å². The topological polar surface area (TPSA) is 35.5 Å². The van der Waals surface area contributed by atoms with Crippen LogP contribution in [0.1, 0.15) is 67.7 Å². The Balaban J connectivity index is 4.87. The van der Waals surface area contributed by atoms with Crippen LogP contribution < -0.4 is 0 Å². The zero-order valence-electron chi connectivity index (χ0n) is 16.3. The summed E-state index contributed by atoms with van der Waals surface area (Å²) in [5, 5.41) is 0. The van der Waals surface area contributed by atoms with Crippen molar-refractivity contribution in [1.29, 1.82) is 0 Å². The first-order chi connectivity index (χ1) is 10.7. The van der Waals surface area contributed by atoms with E-state index in [4.69, 9.17) is 4.43 Å². The van der Waals surface area contributed by atoms with Gasteiger partial charge in [0.25, 0.3) is 8.32 Å². The van der Waals surface area contributed by atoms with Crippen LogP contribution >= 0.6 is 0 Å². The molecule has 4 heteroatoms. The fraction of sp³-hybridized carbons (Fsp3) is 0.737. The summed E-state index contributed by atoms with van der Waals surface area (Å²) < 4.78 is 11.3. The number of carbonyl (C=O) groups is 1. The molecular weight excluding hydrogens is 304 g/mol. The van der Waals surface area contributed by atoms with Crippen molar-refractivity contribution in [1.82, 2.24) is 0 Å². The van der Waals surface area contributed by atoms with Crippen LogP contribution in [0.5, 0.6) is 0 Å². The van der Waals surface area contributed by atoms with E-state index < -0.39 is 8.32 Å². The SMILES string of the molecule is C/C=C(\C=C\CCCC(=O)OC)O[Si](C(C)C)(C(C)C)C(C)C. The first-order valence-corrected chi connectivity index (χ1v) is 10.9. The normalized spacial score (nSPS) is 13.4. The predicted molar refractivity (Wildman–Crippen MR) is 101 cm³/mol. The van der Waals surface area contributed by atoms with Crippen LogP contribution in [-0.2, 0) is 14.0 Å². The Hall–Kier alpha value is -1.03. The van der Waals surface area contributed by atoms with Crippen LogP contribution in [0, 0.1) is 0 Å². The van der Waals surface area contributed by atoms with Crippen LogP contribution in [0.15, 0.2) is 24.0 Å². The fourth-order valence-corrected chi connectivity index (χ4v) is 8.71. The highest BCUT2D eigenvalue weighted by molar-refractivity contribution is 6.77. The van der Waals surface area contributed by atoms with Gasteiger partial charge in [-0.25, -0.2) is 0 Å². The van der Waals surface area contributed by atoms with Crippen molar-refractivity contribution in [2.24, 2.45) is 0 Å². The first-order valence-electron chi connectivity index (χ1n) is 8.80. The van der Waals surface area contributed by atoms with Gasteiger partial charge in [0, 0.05) is 6.42 Å². The number of esters is 1. The molecule has 0 aromatic carbocycles. The molecule has 0 saturated heterocycles. The van der Waals surface area contributed by atoms with E-state index in [0.29, 0.717) is 23.0 Å². The van der Waals surface area contributed by atoms with Crippen LogP contribution in [0.25, 0.3) is 0 Å². The molecule has 134 valence electrons. The molecule has 0 radical (unpaired) electrons. The highest BCUT2D eigenvalue weighted by atomic mass is 28.4. The number of methoxy groups -OCH3 is 1. The zero-order chi connectivity index (χ0) is 18.0. The van der Waals surface area contributed by atoms with E-state index in [1.54, 1.807) is 0 Å². The van der Waals surface area contributed by atoms with Gasteiger partial charge in [0.15, 0.2) is 0 Å². The lowest BCUT2D eigenvalue weighted by molar-refractivity contribution is -0.140. The molecule has 0 aliphatic carbocycles. The highest BCUT2D eigenvalue weighted by Gasteiger charge is 2.47. The summed E-state index contributed by atoms with van der Waals surface area (Å²) in [7, 11) is -0.469. The molecule has 0 N–H and O–H groups in total. The van der Waals surface area contributed by atoms with Crippen LogP contribution in [0.2, 0.25) is 16.6 Å². The molecule has 0 fully saturated rings. The smallest absolute Gasteiger partial charge is 0.305 e. The number of rotatable bonds is 10. The summed E-state index contributed by atoms with van der Waals surface area (Å²) in [5.74, 6) is 0.817. The molecule has 0 aliphatic rings.